The third-order valence-electron chi connectivity index (χ3n) is 8.38. The molecule has 0 heterocycles. The summed E-state index contributed by atoms with van der Waals surface area (Å²) < 4.78 is 0. The Hall–Kier alpha value is -2.38. The number of allylic oxidation sites excluding steroid dienone is 2. The van der Waals surface area contributed by atoms with Gasteiger partial charge in [-0.25, -0.2) is 0 Å². The number of anilines is 1. The van der Waals surface area contributed by atoms with Gasteiger partial charge in [-0.2, -0.15) is 0 Å². The maximum absolute atomic E-state index is 13.2. The fourth-order valence-corrected chi connectivity index (χ4v) is 7.47. The smallest absolute Gasteiger partial charge is 0.224 e. The fourth-order valence-electron chi connectivity index (χ4n) is 6.96. The van der Waals surface area contributed by atoms with Gasteiger partial charge >= 0.3 is 0 Å². The molecule has 2 fully saturated rings. The lowest BCUT2D eigenvalue weighted by Gasteiger charge is -2.55. The third-order valence-corrected chi connectivity index (χ3v) is 9.09. The van der Waals surface area contributed by atoms with Crippen molar-refractivity contribution in [2.75, 3.05) is 5.32 Å². The number of aromatic hydroxyl groups is 2. The van der Waals surface area contributed by atoms with Crippen LogP contribution in [0.15, 0.2) is 24.3 Å². The standard InChI is InChI=1S/C25H30ClNO6/c1-13-19(26)15-10-25(12-24(15,3)33)9-6-17(30)23(2,22(13)25)8-7-18(31)27-20-16(29)5-4-14(11-28)21(20)32/h4-6,9,11,13,15,19,22,29,32-33H,7-8,10,12H2,1-3H3,(H,27,31)/t13?,15?,19-,22?,23-,24?,25?/m1/s1. The summed E-state index contributed by atoms with van der Waals surface area (Å²) in [4.78, 5) is 37.0. The Morgan fingerprint density at radius 3 is 2.67 bits per heavy atom. The zero-order chi connectivity index (χ0) is 24.3. The quantitative estimate of drug-likeness (QED) is 0.292. The predicted molar refractivity (Wildman–Crippen MR) is 123 cm³/mol. The maximum Gasteiger partial charge on any atom is 0.224 e. The Morgan fingerprint density at radius 2 is 2.00 bits per heavy atom. The minimum absolute atomic E-state index is 0.0354. The van der Waals surface area contributed by atoms with E-state index >= 15 is 0 Å². The number of carbonyl (C=O) groups excluding carboxylic acids is 3. The van der Waals surface area contributed by atoms with Crippen molar-refractivity contribution >= 4 is 35.3 Å². The van der Waals surface area contributed by atoms with Crippen LogP contribution in [-0.2, 0) is 9.59 Å². The molecule has 7 atom stereocenters. The molecule has 5 unspecified atom stereocenters. The van der Waals surface area contributed by atoms with Gasteiger partial charge in [0.1, 0.15) is 11.4 Å². The van der Waals surface area contributed by atoms with Gasteiger partial charge in [-0.05, 0) is 61.6 Å². The monoisotopic (exact) mass is 475 g/mol. The van der Waals surface area contributed by atoms with Crippen molar-refractivity contribution in [3.05, 3.63) is 29.8 Å². The lowest BCUT2D eigenvalue weighted by Crippen LogP contribution is -2.54. The van der Waals surface area contributed by atoms with Crippen LogP contribution in [0.25, 0.3) is 0 Å². The van der Waals surface area contributed by atoms with E-state index in [2.05, 4.69) is 5.32 Å². The Morgan fingerprint density at radius 1 is 1.30 bits per heavy atom. The highest BCUT2D eigenvalue weighted by atomic mass is 35.5. The first-order valence-electron chi connectivity index (χ1n) is 11.3. The molecule has 3 aliphatic carbocycles. The van der Waals surface area contributed by atoms with E-state index in [1.165, 1.54) is 12.1 Å². The molecule has 2 saturated carbocycles. The second-order valence-electron chi connectivity index (χ2n) is 10.5. The number of halogens is 1. The minimum Gasteiger partial charge on any atom is -0.506 e. The molecular formula is C25H30ClNO6. The average molecular weight is 476 g/mol. The number of rotatable bonds is 5. The van der Waals surface area contributed by atoms with Gasteiger partial charge in [0.2, 0.25) is 5.91 Å². The molecule has 1 aromatic carbocycles. The number of aldehydes is 1. The van der Waals surface area contributed by atoms with Gasteiger partial charge in [0, 0.05) is 23.1 Å². The van der Waals surface area contributed by atoms with E-state index in [1.807, 2.05) is 26.8 Å². The first kappa shape index (κ1) is 23.8. The van der Waals surface area contributed by atoms with Crippen LogP contribution in [-0.4, -0.2) is 44.3 Å². The number of phenols is 2. The van der Waals surface area contributed by atoms with Crippen LogP contribution in [0.4, 0.5) is 5.69 Å². The van der Waals surface area contributed by atoms with Crippen molar-refractivity contribution in [2.45, 2.75) is 57.4 Å². The first-order chi connectivity index (χ1) is 15.4. The second kappa shape index (κ2) is 7.84. The summed E-state index contributed by atoms with van der Waals surface area (Å²) in [6.45, 7) is 5.71. The van der Waals surface area contributed by atoms with Gasteiger partial charge < -0.3 is 20.6 Å². The largest absolute Gasteiger partial charge is 0.506 e. The van der Waals surface area contributed by atoms with Crippen LogP contribution in [0.3, 0.4) is 0 Å². The first-order valence-corrected chi connectivity index (χ1v) is 11.7. The number of hydrogen-bond donors (Lipinski definition) is 4. The molecule has 33 heavy (non-hydrogen) atoms. The highest BCUT2D eigenvalue weighted by Gasteiger charge is 2.67. The van der Waals surface area contributed by atoms with Gasteiger partial charge in [0.05, 0.1) is 11.2 Å². The zero-order valence-electron chi connectivity index (χ0n) is 19.0. The Bertz CT molecular complexity index is 1050. The molecule has 7 nitrogen and oxygen atoms in total. The van der Waals surface area contributed by atoms with Crippen molar-refractivity contribution in [1.29, 1.82) is 0 Å². The van der Waals surface area contributed by atoms with E-state index in [9.17, 15) is 29.7 Å². The van der Waals surface area contributed by atoms with Crippen molar-refractivity contribution in [2.24, 2.45) is 28.6 Å². The van der Waals surface area contributed by atoms with Crippen LogP contribution >= 0.6 is 11.6 Å². The lowest BCUT2D eigenvalue weighted by atomic mass is 9.49. The SMILES string of the molecule is CC1C2C3(C=CC(=O)[C@@]2(C)CCC(=O)Nc2c(O)ccc(C=O)c2O)CC([C@@H]1Cl)C(C)(O)C3. The van der Waals surface area contributed by atoms with Crippen molar-refractivity contribution in [3.8, 4) is 11.5 Å². The molecule has 8 heteroatoms. The highest BCUT2D eigenvalue weighted by molar-refractivity contribution is 6.21. The molecule has 178 valence electrons. The number of phenolic OH excluding ortho intramolecular Hbond substituents is 2. The fraction of sp³-hybridized carbons (Fsp3) is 0.560. The van der Waals surface area contributed by atoms with E-state index in [0.29, 0.717) is 19.1 Å². The molecule has 0 radical (unpaired) electrons. The Balaban J connectivity index is 1.58. The van der Waals surface area contributed by atoms with Gasteiger partial charge in [-0.15, -0.1) is 11.6 Å². The molecule has 2 bridgehead atoms. The third kappa shape index (κ3) is 3.56. The summed E-state index contributed by atoms with van der Waals surface area (Å²) >= 11 is 6.81. The maximum atomic E-state index is 13.2. The highest BCUT2D eigenvalue weighted by Crippen LogP contribution is 2.68. The molecule has 0 saturated heterocycles. The van der Waals surface area contributed by atoms with E-state index < -0.39 is 22.7 Å². The van der Waals surface area contributed by atoms with E-state index in [-0.39, 0.29) is 64.2 Å². The number of ketones is 1. The number of hydrogen-bond acceptors (Lipinski definition) is 6. The van der Waals surface area contributed by atoms with Crippen molar-refractivity contribution < 1.29 is 29.7 Å². The molecule has 1 amide bonds. The molecule has 4 N–H and O–H groups in total. The summed E-state index contributed by atoms with van der Waals surface area (Å²) in [6.07, 6.45) is 5.41. The van der Waals surface area contributed by atoms with Gasteiger partial charge in [0.15, 0.2) is 17.8 Å². The summed E-state index contributed by atoms with van der Waals surface area (Å²) in [7, 11) is 0. The number of aliphatic hydroxyl groups is 1. The molecule has 1 aromatic rings. The summed E-state index contributed by atoms with van der Waals surface area (Å²) in [5.41, 5.74) is -2.43. The van der Waals surface area contributed by atoms with Crippen molar-refractivity contribution in [3.63, 3.8) is 0 Å². The van der Waals surface area contributed by atoms with E-state index in [4.69, 9.17) is 11.6 Å². The summed E-state index contributed by atoms with van der Waals surface area (Å²) in [5.74, 6) is -1.68. The second-order valence-corrected chi connectivity index (χ2v) is 11.0. The lowest BCUT2D eigenvalue weighted by molar-refractivity contribution is -0.136. The van der Waals surface area contributed by atoms with Crippen LogP contribution < -0.4 is 5.32 Å². The number of benzene rings is 1. The zero-order valence-corrected chi connectivity index (χ0v) is 19.7. The molecule has 1 spiro atoms. The predicted octanol–water partition coefficient (Wildman–Crippen LogP) is 3.79. The van der Waals surface area contributed by atoms with Crippen LogP contribution in [0.1, 0.15) is 56.8 Å². The average Bonchev–Trinajstić information content (AvgIpc) is 2.99. The summed E-state index contributed by atoms with van der Waals surface area (Å²) in [5, 5.41) is 33.4. The molecule has 4 rings (SSSR count). The summed E-state index contributed by atoms with van der Waals surface area (Å²) in [6, 6.07) is 2.46. The van der Waals surface area contributed by atoms with Crippen LogP contribution in [0.2, 0.25) is 0 Å². The van der Waals surface area contributed by atoms with Crippen molar-refractivity contribution in [1.82, 2.24) is 0 Å². The Labute approximate surface area is 197 Å². The van der Waals surface area contributed by atoms with E-state index in [1.54, 1.807) is 6.08 Å². The Kier molecular flexibility index (Phi) is 5.65. The van der Waals surface area contributed by atoms with Crippen LogP contribution in [0.5, 0.6) is 11.5 Å². The van der Waals surface area contributed by atoms with Gasteiger partial charge in [-0.1, -0.05) is 19.9 Å². The molecule has 3 aliphatic rings. The number of alkyl halides is 1. The normalized spacial score (nSPS) is 39.2. The molecule has 0 aliphatic heterocycles. The number of fused-ring (bicyclic) bond motifs is 1. The van der Waals surface area contributed by atoms with E-state index in [0.717, 1.165) is 0 Å². The molecule has 0 aromatic heterocycles. The molecular weight excluding hydrogens is 446 g/mol. The topological polar surface area (TPSA) is 124 Å². The number of amides is 1. The minimum atomic E-state index is -0.920. The van der Waals surface area contributed by atoms with Crippen LogP contribution in [0, 0.1) is 28.6 Å². The number of nitrogens with one attached hydrogen (secondary N) is 1. The van der Waals surface area contributed by atoms with Gasteiger partial charge in [-0.3, -0.25) is 14.4 Å². The number of carbonyl (C=O) groups is 3. The van der Waals surface area contributed by atoms with Gasteiger partial charge in [0.25, 0.3) is 0 Å².